The molecule has 5 nitrogen and oxygen atoms in total. The van der Waals surface area contributed by atoms with Crippen molar-refractivity contribution in [3.05, 3.63) is 29.3 Å². The van der Waals surface area contributed by atoms with Crippen molar-refractivity contribution in [3.63, 3.8) is 0 Å². The lowest BCUT2D eigenvalue weighted by molar-refractivity contribution is 0.0937. The van der Waals surface area contributed by atoms with E-state index < -0.39 is 0 Å². The fraction of sp³-hybridized carbons (Fsp3) is 0.467. The summed E-state index contributed by atoms with van der Waals surface area (Å²) in [5, 5.41) is 8.72. The van der Waals surface area contributed by atoms with Crippen LogP contribution in [0.2, 0.25) is 0 Å². The van der Waals surface area contributed by atoms with E-state index in [0.29, 0.717) is 18.0 Å². The van der Waals surface area contributed by atoms with E-state index in [4.69, 9.17) is 4.52 Å². The topological polar surface area (TPSA) is 58.4 Å². The molecule has 3 heterocycles. The van der Waals surface area contributed by atoms with Gasteiger partial charge in [-0.3, -0.25) is 4.79 Å². The molecule has 21 heavy (non-hydrogen) atoms. The van der Waals surface area contributed by atoms with Crippen LogP contribution >= 0.6 is 11.3 Å². The molecule has 0 spiro atoms. The minimum Gasteiger partial charge on any atom is -0.355 e. The SMILES string of the molecule is O=C(NCCN1CCCCC1)c1cc(-c2cccs2)on1. The van der Waals surface area contributed by atoms with Gasteiger partial charge in [-0.1, -0.05) is 17.6 Å². The van der Waals surface area contributed by atoms with Gasteiger partial charge < -0.3 is 14.7 Å². The predicted octanol–water partition coefficient (Wildman–Crippen LogP) is 2.62. The van der Waals surface area contributed by atoms with Gasteiger partial charge in [-0.25, -0.2) is 0 Å². The molecule has 6 heteroatoms. The lowest BCUT2D eigenvalue weighted by atomic mass is 10.1. The van der Waals surface area contributed by atoms with E-state index in [1.165, 1.54) is 19.3 Å². The number of carbonyl (C=O) groups excluding carboxylic acids is 1. The first kappa shape index (κ1) is 14.3. The standard InChI is InChI=1S/C15H19N3O2S/c19-15(16-6-9-18-7-2-1-3-8-18)12-11-13(20-17-12)14-5-4-10-21-14/h4-5,10-11H,1-3,6-9H2,(H,16,19). The van der Waals surface area contributed by atoms with Crippen molar-refractivity contribution in [1.29, 1.82) is 0 Å². The van der Waals surface area contributed by atoms with Crippen molar-refractivity contribution < 1.29 is 9.32 Å². The molecule has 0 unspecified atom stereocenters. The molecule has 0 aliphatic carbocycles. The Morgan fingerprint density at radius 1 is 1.38 bits per heavy atom. The van der Waals surface area contributed by atoms with Crippen molar-refractivity contribution in [2.75, 3.05) is 26.2 Å². The minimum absolute atomic E-state index is 0.168. The number of likely N-dealkylation sites (tertiary alicyclic amines) is 1. The zero-order valence-electron chi connectivity index (χ0n) is 11.9. The Morgan fingerprint density at radius 2 is 2.24 bits per heavy atom. The number of nitrogens with zero attached hydrogens (tertiary/aromatic N) is 2. The summed E-state index contributed by atoms with van der Waals surface area (Å²) in [6.45, 7) is 3.84. The highest BCUT2D eigenvalue weighted by atomic mass is 32.1. The van der Waals surface area contributed by atoms with E-state index in [9.17, 15) is 4.79 Å². The van der Waals surface area contributed by atoms with E-state index in [1.807, 2.05) is 17.5 Å². The number of rotatable bonds is 5. The second-order valence-corrected chi connectivity index (χ2v) is 6.16. The number of piperidine rings is 1. The highest BCUT2D eigenvalue weighted by Gasteiger charge is 2.15. The number of hydrogen-bond acceptors (Lipinski definition) is 5. The Labute approximate surface area is 127 Å². The van der Waals surface area contributed by atoms with Gasteiger partial charge in [0, 0.05) is 19.2 Å². The van der Waals surface area contributed by atoms with Crippen molar-refractivity contribution >= 4 is 17.2 Å². The Balaban J connectivity index is 1.49. The first-order valence-electron chi connectivity index (χ1n) is 7.34. The number of hydrogen-bond donors (Lipinski definition) is 1. The molecule has 0 aromatic carbocycles. The maximum atomic E-state index is 12.0. The first-order chi connectivity index (χ1) is 10.3. The molecule has 1 fully saturated rings. The molecule has 1 aliphatic rings. The van der Waals surface area contributed by atoms with Crippen LogP contribution in [-0.4, -0.2) is 42.1 Å². The van der Waals surface area contributed by atoms with E-state index in [-0.39, 0.29) is 5.91 Å². The van der Waals surface area contributed by atoms with Crippen LogP contribution in [0.4, 0.5) is 0 Å². The van der Waals surface area contributed by atoms with Crippen LogP contribution < -0.4 is 5.32 Å². The second kappa shape index (κ2) is 6.87. The normalized spacial score (nSPS) is 16.0. The predicted molar refractivity (Wildman–Crippen MR) is 82.4 cm³/mol. The fourth-order valence-corrected chi connectivity index (χ4v) is 3.19. The highest BCUT2D eigenvalue weighted by Crippen LogP contribution is 2.24. The van der Waals surface area contributed by atoms with Gasteiger partial charge in [0.1, 0.15) is 0 Å². The summed E-state index contributed by atoms with van der Waals surface area (Å²) in [6.07, 6.45) is 3.86. The van der Waals surface area contributed by atoms with Crippen LogP contribution in [0, 0.1) is 0 Å². The molecule has 1 amide bonds. The third-order valence-electron chi connectivity index (χ3n) is 3.67. The van der Waals surface area contributed by atoms with E-state index in [0.717, 1.165) is 24.5 Å². The molecule has 3 rings (SSSR count). The van der Waals surface area contributed by atoms with Gasteiger partial charge in [0.25, 0.3) is 5.91 Å². The van der Waals surface area contributed by atoms with Crippen molar-refractivity contribution in [2.24, 2.45) is 0 Å². The van der Waals surface area contributed by atoms with Crippen LogP contribution in [0.3, 0.4) is 0 Å². The molecule has 0 bridgehead atoms. The van der Waals surface area contributed by atoms with Crippen molar-refractivity contribution in [1.82, 2.24) is 15.4 Å². The molecular weight excluding hydrogens is 286 g/mol. The zero-order valence-corrected chi connectivity index (χ0v) is 12.7. The van der Waals surface area contributed by atoms with Gasteiger partial charge >= 0.3 is 0 Å². The molecule has 0 saturated carbocycles. The lowest BCUT2D eigenvalue weighted by Gasteiger charge is -2.26. The fourth-order valence-electron chi connectivity index (χ4n) is 2.52. The summed E-state index contributed by atoms with van der Waals surface area (Å²) in [7, 11) is 0. The molecule has 1 N–H and O–H groups in total. The number of aromatic nitrogens is 1. The zero-order chi connectivity index (χ0) is 14.5. The largest absolute Gasteiger partial charge is 0.355 e. The number of amides is 1. The molecule has 1 saturated heterocycles. The van der Waals surface area contributed by atoms with Crippen molar-refractivity contribution in [3.8, 4) is 10.6 Å². The number of carbonyl (C=O) groups is 1. The smallest absolute Gasteiger partial charge is 0.273 e. The van der Waals surface area contributed by atoms with Crippen LogP contribution in [0.25, 0.3) is 10.6 Å². The summed E-state index contributed by atoms with van der Waals surface area (Å²) >= 11 is 1.57. The second-order valence-electron chi connectivity index (χ2n) is 5.21. The summed E-state index contributed by atoms with van der Waals surface area (Å²) < 4.78 is 5.22. The summed E-state index contributed by atoms with van der Waals surface area (Å²) in [5.41, 5.74) is 0.344. The van der Waals surface area contributed by atoms with Crippen molar-refractivity contribution in [2.45, 2.75) is 19.3 Å². The third-order valence-corrected chi connectivity index (χ3v) is 4.55. The minimum atomic E-state index is -0.168. The first-order valence-corrected chi connectivity index (χ1v) is 8.22. The summed E-state index contributed by atoms with van der Waals surface area (Å²) in [4.78, 5) is 15.4. The number of thiophene rings is 1. The molecule has 1 aliphatic heterocycles. The highest BCUT2D eigenvalue weighted by molar-refractivity contribution is 7.13. The summed E-state index contributed by atoms with van der Waals surface area (Å²) in [5.74, 6) is 0.477. The van der Waals surface area contributed by atoms with Gasteiger partial charge in [0.15, 0.2) is 11.5 Å². The Bertz CT molecular complexity index is 574. The maximum Gasteiger partial charge on any atom is 0.273 e. The Hall–Kier alpha value is -1.66. The van der Waals surface area contributed by atoms with E-state index >= 15 is 0 Å². The maximum absolute atomic E-state index is 12.0. The van der Waals surface area contributed by atoms with Crippen LogP contribution in [0.1, 0.15) is 29.8 Å². The molecular formula is C15H19N3O2S. The van der Waals surface area contributed by atoms with Gasteiger partial charge in [0.2, 0.25) is 0 Å². The van der Waals surface area contributed by atoms with Gasteiger partial charge in [-0.2, -0.15) is 0 Å². The Morgan fingerprint density at radius 3 is 3.00 bits per heavy atom. The monoisotopic (exact) mass is 305 g/mol. The molecule has 0 atom stereocenters. The van der Waals surface area contributed by atoms with Gasteiger partial charge in [-0.05, 0) is 37.4 Å². The van der Waals surface area contributed by atoms with Gasteiger partial charge in [0.05, 0.1) is 4.88 Å². The number of nitrogens with one attached hydrogen (secondary N) is 1. The average Bonchev–Trinajstić information content (AvgIpc) is 3.19. The summed E-state index contributed by atoms with van der Waals surface area (Å²) in [6, 6.07) is 5.59. The van der Waals surface area contributed by atoms with Crippen LogP contribution in [0.5, 0.6) is 0 Å². The van der Waals surface area contributed by atoms with Crippen LogP contribution in [-0.2, 0) is 0 Å². The third kappa shape index (κ3) is 3.71. The Kier molecular flexibility index (Phi) is 4.67. The van der Waals surface area contributed by atoms with E-state index in [1.54, 1.807) is 17.4 Å². The molecule has 2 aromatic heterocycles. The quantitative estimate of drug-likeness (QED) is 0.922. The average molecular weight is 305 g/mol. The lowest BCUT2D eigenvalue weighted by Crippen LogP contribution is -2.37. The van der Waals surface area contributed by atoms with Crippen LogP contribution in [0.15, 0.2) is 28.1 Å². The molecule has 2 aromatic rings. The van der Waals surface area contributed by atoms with E-state index in [2.05, 4.69) is 15.4 Å². The molecule has 112 valence electrons. The molecule has 0 radical (unpaired) electrons. The van der Waals surface area contributed by atoms with Gasteiger partial charge in [-0.15, -0.1) is 11.3 Å².